The zero-order chi connectivity index (χ0) is 13.5. The monoisotopic (exact) mass is 319 g/mol. The first-order valence-electron chi connectivity index (χ1n) is 5.59. The Morgan fingerprint density at radius 3 is 2.28 bits per heavy atom. The number of nitrogens with zero attached hydrogens (tertiary/aromatic N) is 2. The molecule has 1 aromatic rings. The number of hydrogen-bond acceptors (Lipinski definition) is 4. The average molecular weight is 320 g/mol. The van der Waals surface area contributed by atoms with Crippen molar-refractivity contribution in [2.75, 3.05) is 40.5 Å². The Hall–Kier alpha value is -0.920. The molecule has 6 nitrogen and oxygen atoms in total. The van der Waals surface area contributed by atoms with E-state index in [0.29, 0.717) is 36.5 Å². The number of carbonyl (C=O) groups is 1. The van der Waals surface area contributed by atoms with Gasteiger partial charge in [0.05, 0.1) is 17.7 Å². The summed E-state index contributed by atoms with van der Waals surface area (Å²) in [4.78, 5) is 14.0. The van der Waals surface area contributed by atoms with E-state index in [4.69, 9.17) is 9.47 Å². The molecule has 102 valence electrons. The number of aryl methyl sites for hydroxylation is 1. The molecule has 0 radical (unpaired) electrons. The highest BCUT2D eigenvalue weighted by Gasteiger charge is 2.21. The zero-order valence-electron chi connectivity index (χ0n) is 10.8. The Morgan fingerprint density at radius 1 is 1.33 bits per heavy atom. The molecular formula is C11H18BrN3O3. The first kappa shape index (κ1) is 15.1. The van der Waals surface area contributed by atoms with Crippen molar-refractivity contribution in [3.63, 3.8) is 0 Å². The maximum absolute atomic E-state index is 12.3. The Labute approximate surface area is 115 Å². The maximum atomic E-state index is 12.3. The number of amides is 1. The SMILES string of the molecule is COCCN(CCOC)C(=O)c1n[nH]c(C)c1Br. The van der Waals surface area contributed by atoms with Gasteiger partial charge in [-0.15, -0.1) is 0 Å². The summed E-state index contributed by atoms with van der Waals surface area (Å²) in [6, 6.07) is 0. The molecule has 1 amide bonds. The number of halogens is 1. The number of hydrogen-bond donors (Lipinski definition) is 1. The highest BCUT2D eigenvalue weighted by molar-refractivity contribution is 9.10. The third-order valence-corrected chi connectivity index (χ3v) is 3.46. The van der Waals surface area contributed by atoms with Crippen molar-refractivity contribution >= 4 is 21.8 Å². The molecule has 7 heteroatoms. The van der Waals surface area contributed by atoms with Crippen molar-refractivity contribution < 1.29 is 14.3 Å². The minimum atomic E-state index is -0.139. The fourth-order valence-electron chi connectivity index (χ4n) is 1.42. The van der Waals surface area contributed by atoms with Crippen LogP contribution in [-0.4, -0.2) is 61.5 Å². The van der Waals surface area contributed by atoms with Crippen LogP contribution >= 0.6 is 15.9 Å². The van der Waals surface area contributed by atoms with Crippen LogP contribution in [0, 0.1) is 6.92 Å². The van der Waals surface area contributed by atoms with Crippen LogP contribution in [0.2, 0.25) is 0 Å². The lowest BCUT2D eigenvalue weighted by atomic mass is 10.3. The molecule has 0 saturated carbocycles. The van der Waals surface area contributed by atoms with Crippen LogP contribution in [0.3, 0.4) is 0 Å². The van der Waals surface area contributed by atoms with Crippen LogP contribution < -0.4 is 0 Å². The average Bonchev–Trinajstić information content (AvgIpc) is 2.69. The van der Waals surface area contributed by atoms with E-state index in [1.54, 1.807) is 19.1 Å². The third-order valence-electron chi connectivity index (χ3n) is 2.49. The second-order valence-corrected chi connectivity index (χ2v) is 4.58. The number of carbonyl (C=O) groups excluding carboxylic acids is 1. The molecule has 0 fully saturated rings. The van der Waals surface area contributed by atoms with Crippen LogP contribution in [0.15, 0.2) is 4.47 Å². The number of rotatable bonds is 7. The molecule has 0 spiro atoms. The fraction of sp³-hybridized carbons (Fsp3) is 0.636. The molecule has 18 heavy (non-hydrogen) atoms. The van der Waals surface area contributed by atoms with Crippen LogP contribution in [0.1, 0.15) is 16.2 Å². The van der Waals surface area contributed by atoms with Gasteiger partial charge in [-0.05, 0) is 22.9 Å². The van der Waals surface area contributed by atoms with Crippen LogP contribution in [0.5, 0.6) is 0 Å². The number of aromatic nitrogens is 2. The Balaban J connectivity index is 2.77. The lowest BCUT2D eigenvalue weighted by Gasteiger charge is -2.21. The predicted molar refractivity (Wildman–Crippen MR) is 70.7 cm³/mol. The smallest absolute Gasteiger partial charge is 0.275 e. The molecule has 0 bridgehead atoms. The molecule has 1 heterocycles. The molecule has 0 aromatic carbocycles. The minimum Gasteiger partial charge on any atom is -0.383 e. The molecule has 0 aliphatic rings. The number of H-pyrrole nitrogens is 1. The van der Waals surface area contributed by atoms with Gasteiger partial charge in [0.15, 0.2) is 5.69 Å². The Kier molecular flexibility index (Phi) is 6.31. The van der Waals surface area contributed by atoms with Crippen LogP contribution in [-0.2, 0) is 9.47 Å². The first-order valence-corrected chi connectivity index (χ1v) is 6.38. The lowest BCUT2D eigenvalue weighted by Crippen LogP contribution is -2.36. The van der Waals surface area contributed by atoms with E-state index in [-0.39, 0.29) is 5.91 Å². The summed E-state index contributed by atoms with van der Waals surface area (Å²) in [6.07, 6.45) is 0. The highest BCUT2D eigenvalue weighted by Crippen LogP contribution is 2.19. The summed E-state index contributed by atoms with van der Waals surface area (Å²) in [7, 11) is 3.21. The summed E-state index contributed by atoms with van der Waals surface area (Å²) in [5.74, 6) is -0.139. The van der Waals surface area contributed by atoms with Gasteiger partial charge < -0.3 is 14.4 Å². The van der Waals surface area contributed by atoms with E-state index in [1.165, 1.54) is 0 Å². The van der Waals surface area contributed by atoms with E-state index in [9.17, 15) is 4.79 Å². The van der Waals surface area contributed by atoms with E-state index in [1.807, 2.05) is 6.92 Å². The van der Waals surface area contributed by atoms with Crippen molar-refractivity contribution in [2.45, 2.75) is 6.92 Å². The van der Waals surface area contributed by atoms with Crippen molar-refractivity contribution in [3.05, 3.63) is 15.9 Å². The van der Waals surface area contributed by atoms with Gasteiger partial charge in [0, 0.05) is 33.0 Å². The molecule has 0 saturated heterocycles. The number of aromatic amines is 1. The topological polar surface area (TPSA) is 67.5 Å². The van der Waals surface area contributed by atoms with E-state index in [2.05, 4.69) is 26.1 Å². The molecule has 0 aliphatic heterocycles. The highest BCUT2D eigenvalue weighted by atomic mass is 79.9. The maximum Gasteiger partial charge on any atom is 0.275 e. The molecule has 1 rings (SSSR count). The van der Waals surface area contributed by atoms with Gasteiger partial charge in [-0.3, -0.25) is 9.89 Å². The number of ether oxygens (including phenoxy) is 2. The Bertz CT molecular complexity index is 387. The number of nitrogens with one attached hydrogen (secondary N) is 1. The molecule has 0 atom stereocenters. The summed E-state index contributed by atoms with van der Waals surface area (Å²) >= 11 is 3.35. The summed E-state index contributed by atoms with van der Waals surface area (Å²) in [5, 5.41) is 6.79. The van der Waals surface area contributed by atoms with Gasteiger partial charge in [-0.1, -0.05) is 0 Å². The molecule has 0 unspecified atom stereocenters. The molecular weight excluding hydrogens is 302 g/mol. The zero-order valence-corrected chi connectivity index (χ0v) is 12.4. The van der Waals surface area contributed by atoms with E-state index >= 15 is 0 Å². The van der Waals surface area contributed by atoms with Gasteiger partial charge in [0.1, 0.15) is 0 Å². The summed E-state index contributed by atoms with van der Waals surface area (Å²) in [5.41, 5.74) is 1.22. The standard InChI is InChI=1S/C11H18BrN3O3/c1-8-9(12)10(14-13-8)11(16)15(4-6-17-2)5-7-18-3/h4-7H2,1-3H3,(H,13,14). The summed E-state index contributed by atoms with van der Waals surface area (Å²) in [6.45, 7) is 3.84. The first-order chi connectivity index (χ1) is 8.61. The van der Waals surface area contributed by atoms with Crippen molar-refractivity contribution in [1.29, 1.82) is 0 Å². The summed E-state index contributed by atoms with van der Waals surface area (Å²) < 4.78 is 10.7. The predicted octanol–water partition coefficient (Wildman–Crippen LogP) is 1.22. The van der Waals surface area contributed by atoms with Gasteiger partial charge in [-0.25, -0.2) is 0 Å². The van der Waals surface area contributed by atoms with E-state index in [0.717, 1.165) is 5.69 Å². The quantitative estimate of drug-likeness (QED) is 0.820. The molecule has 1 N–H and O–H groups in total. The van der Waals surface area contributed by atoms with Crippen molar-refractivity contribution in [1.82, 2.24) is 15.1 Å². The second kappa shape index (κ2) is 7.50. The van der Waals surface area contributed by atoms with Crippen LogP contribution in [0.25, 0.3) is 0 Å². The van der Waals surface area contributed by atoms with Crippen molar-refractivity contribution in [2.24, 2.45) is 0 Å². The lowest BCUT2D eigenvalue weighted by molar-refractivity contribution is 0.0621. The fourth-order valence-corrected chi connectivity index (χ4v) is 1.77. The van der Waals surface area contributed by atoms with Crippen molar-refractivity contribution in [3.8, 4) is 0 Å². The van der Waals surface area contributed by atoms with Gasteiger partial charge in [0.2, 0.25) is 0 Å². The van der Waals surface area contributed by atoms with Gasteiger partial charge in [-0.2, -0.15) is 5.10 Å². The van der Waals surface area contributed by atoms with Gasteiger partial charge in [0.25, 0.3) is 5.91 Å². The minimum absolute atomic E-state index is 0.139. The Morgan fingerprint density at radius 2 is 1.89 bits per heavy atom. The molecule has 1 aromatic heterocycles. The third kappa shape index (κ3) is 3.79. The second-order valence-electron chi connectivity index (χ2n) is 3.79. The molecule has 0 aliphatic carbocycles. The normalized spacial score (nSPS) is 10.7. The van der Waals surface area contributed by atoms with Crippen LogP contribution in [0.4, 0.5) is 0 Å². The van der Waals surface area contributed by atoms with Gasteiger partial charge >= 0.3 is 0 Å². The number of methoxy groups -OCH3 is 2. The largest absolute Gasteiger partial charge is 0.383 e. The van der Waals surface area contributed by atoms with E-state index < -0.39 is 0 Å².